The summed E-state index contributed by atoms with van der Waals surface area (Å²) in [5.74, 6) is -0.470. The molecule has 10 atom stereocenters. The Morgan fingerprint density at radius 2 is 0.909 bits per heavy atom. The van der Waals surface area contributed by atoms with Crippen molar-refractivity contribution in [3.63, 3.8) is 0 Å². The van der Waals surface area contributed by atoms with Crippen molar-refractivity contribution >= 4 is 69.6 Å². The summed E-state index contributed by atoms with van der Waals surface area (Å²) in [6, 6.07) is 0. The van der Waals surface area contributed by atoms with Gasteiger partial charge in [-0.2, -0.15) is 0 Å². The highest BCUT2D eigenvalue weighted by atomic mass is 35.5. The summed E-state index contributed by atoms with van der Waals surface area (Å²) in [6.07, 6.45) is 0.665. The average Bonchev–Trinajstić information content (AvgIpc) is 2.46. The van der Waals surface area contributed by atoms with Crippen molar-refractivity contribution in [3.8, 4) is 0 Å². The fourth-order valence-corrected chi connectivity index (χ4v) is 5.92. The van der Waals surface area contributed by atoms with E-state index in [0.717, 1.165) is 0 Å². The number of aliphatic hydroxyl groups excluding tert-OH is 2. The van der Waals surface area contributed by atoms with E-state index in [0.29, 0.717) is 25.7 Å². The highest BCUT2D eigenvalue weighted by molar-refractivity contribution is 6.32. The van der Waals surface area contributed by atoms with E-state index in [1.165, 1.54) is 0 Å². The monoisotopic (exact) mass is 430 g/mol. The molecule has 0 spiro atoms. The lowest BCUT2D eigenvalue weighted by atomic mass is 9.77. The van der Waals surface area contributed by atoms with Gasteiger partial charge in [-0.1, -0.05) is 0 Å². The number of hydrogen-bond donors (Lipinski definition) is 2. The summed E-state index contributed by atoms with van der Waals surface area (Å²) < 4.78 is 0. The van der Waals surface area contributed by atoms with Crippen LogP contribution < -0.4 is 0 Å². The summed E-state index contributed by atoms with van der Waals surface area (Å²) in [6.45, 7) is 0. The van der Waals surface area contributed by atoms with Gasteiger partial charge in [-0.15, -0.1) is 69.6 Å². The predicted molar refractivity (Wildman–Crippen MR) is 95.3 cm³/mol. The van der Waals surface area contributed by atoms with Crippen molar-refractivity contribution in [2.45, 2.75) is 70.2 Å². The number of hydrogen-bond acceptors (Lipinski definition) is 2. The molecule has 2 rings (SSSR count). The zero-order valence-electron chi connectivity index (χ0n) is 11.8. The highest BCUT2D eigenvalue weighted by Gasteiger charge is 2.45. The number of halogens is 6. The molecular formula is C14H20Cl6O2. The second-order valence-corrected chi connectivity index (χ2v) is 9.56. The lowest BCUT2D eigenvalue weighted by molar-refractivity contribution is 0.0451. The second kappa shape index (κ2) is 8.36. The summed E-state index contributed by atoms with van der Waals surface area (Å²) in [4.78, 5) is 0. The van der Waals surface area contributed by atoms with E-state index in [9.17, 15) is 10.2 Å². The van der Waals surface area contributed by atoms with Crippen LogP contribution >= 0.6 is 69.6 Å². The van der Waals surface area contributed by atoms with E-state index < -0.39 is 23.0 Å². The van der Waals surface area contributed by atoms with E-state index in [1.54, 1.807) is 0 Å². The Morgan fingerprint density at radius 1 is 0.591 bits per heavy atom. The van der Waals surface area contributed by atoms with Gasteiger partial charge >= 0.3 is 0 Å². The molecule has 0 aromatic rings. The quantitative estimate of drug-likeness (QED) is 0.657. The molecule has 0 aromatic heterocycles. The van der Waals surface area contributed by atoms with Gasteiger partial charge in [0.15, 0.2) is 0 Å². The van der Waals surface area contributed by atoms with Crippen molar-refractivity contribution < 1.29 is 10.2 Å². The molecule has 0 amide bonds. The summed E-state index contributed by atoms with van der Waals surface area (Å²) in [5, 5.41) is 18.4. The molecule has 0 aliphatic heterocycles. The van der Waals surface area contributed by atoms with Crippen molar-refractivity contribution in [2.24, 2.45) is 11.8 Å². The molecular weight excluding hydrogens is 413 g/mol. The zero-order valence-corrected chi connectivity index (χ0v) is 16.3. The molecule has 130 valence electrons. The first-order chi connectivity index (χ1) is 10.2. The largest absolute Gasteiger partial charge is 0.391 e. The van der Waals surface area contributed by atoms with Crippen LogP contribution in [0.5, 0.6) is 0 Å². The Labute approximate surface area is 161 Å². The molecule has 0 aromatic carbocycles. The molecule has 10 unspecified atom stereocenters. The van der Waals surface area contributed by atoms with E-state index in [4.69, 9.17) is 69.6 Å². The minimum absolute atomic E-state index is 0.235. The first-order valence-electron chi connectivity index (χ1n) is 7.44. The highest BCUT2D eigenvalue weighted by Crippen LogP contribution is 2.42. The third-order valence-electron chi connectivity index (χ3n) is 4.86. The van der Waals surface area contributed by atoms with E-state index in [1.807, 2.05) is 0 Å². The van der Waals surface area contributed by atoms with Gasteiger partial charge in [-0.25, -0.2) is 0 Å². The maximum atomic E-state index is 10.3. The van der Waals surface area contributed by atoms with E-state index in [-0.39, 0.29) is 33.3 Å². The third kappa shape index (κ3) is 4.25. The van der Waals surface area contributed by atoms with Crippen LogP contribution in [0.4, 0.5) is 0 Å². The standard InChI is InChI=1S/C14H20Cl6O2/c15-7-3-9(17)13(21)5(11(7)19)1-2-6-12(20)8(16)4-10(18)14(6)22/h5-14,21-22H,1-4H2. The Morgan fingerprint density at radius 3 is 1.23 bits per heavy atom. The molecule has 0 heterocycles. The summed E-state index contributed by atoms with van der Waals surface area (Å²) in [5.41, 5.74) is 0. The second-order valence-electron chi connectivity index (χ2n) is 6.31. The van der Waals surface area contributed by atoms with Gasteiger partial charge in [0.25, 0.3) is 0 Å². The van der Waals surface area contributed by atoms with Gasteiger partial charge in [0.05, 0.1) is 44.5 Å². The Hall–Kier alpha value is 1.66. The lowest BCUT2D eigenvalue weighted by Gasteiger charge is -2.41. The predicted octanol–water partition coefficient (Wildman–Crippen LogP) is 4.17. The average molecular weight is 433 g/mol. The third-order valence-corrected chi connectivity index (χ3v) is 8.15. The first-order valence-corrected chi connectivity index (χ1v) is 10.1. The SMILES string of the molecule is OC1C(Cl)CC(Cl)C(Cl)C1CCC1C(O)C(Cl)CC(Cl)C1Cl. The van der Waals surface area contributed by atoms with Gasteiger partial charge < -0.3 is 10.2 Å². The molecule has 2 N–H and O–H groups in total. The maximum absolute atomic E-state index is 10.3. The minimum Gasteiger partial charge on any atom is -0.391 e. The van der Waals surface area contributed by atoms with Gasteiger partial charge in [0, 0.05) is 11.8 Å². The van der Waals surface area contributed by atoms with Crippen LogP contribution in [0.3, 0.4) is 0 Å². The van der Waals surface area contributed by atoms with Crippen molar-refractivity contribution in [1.29, 1.82) is 0 Å². The smallest absolute Gasteiger partial charge is 0.0747 e. The minimum atomic E-state index is -0.715. The van der Waals surface area contributed by atoms with Crippen LogP contribution in [-0.4, -0.2) is 54.7 Å². The first kappa shape index (κ1) is 20.0. The molecule has 2 fully saturated rings. The van der Waals surface area contributed by atoms with Crippen LogP contribution in [0.25, 0.3) is 0 Å². The van der Waals surface area contributed by atoms with E-state index >= 15 is 0 Å². The summed E-state index contributed by atoms with van der Waals surface area (Å²) in [7, 11) is 0. The van der Waals surface area contributed by atoms with Crippen LogP contribution in [0, 0.1) is 11.8 Å². The molecule has 8 heteroatoms. The molecule has 0 bridgehead atoms. The molecule has 2 nitrogen and oxygen atoms in total. The lowest BCUT2D eigenvalue weighted by Crippen LogP contribution is -2.49. The molecule has 2 aliphatic rings. The van der Waals surface area contributed by atoms with Gasteiger partial charge in [0.1, 0.15) is 0 Å². The maximum Gasteiger partial charge on any atom is 0.0747 e. The number of aliphatic hydroxyl groups is 2. The van der Waals surface area contributed by atoms with Gasteiger partial charge in [-0.3, -0.25) is 0 Å². The van der Waals surface area contributed by atoms with Crippen LogP contribution in [0.1, 0.15) is 25.7 Å². The summed E-state index contributed by atoms with van der Waals surface area (Å²) >= 11 is 37.4. The van der Waals surface area contributed by atoms with Crippen molar-refractivity contribution in [3.05, 3.63) is 0 Å². The molecule has 0 radical (unpaired) electrons. The molecule has 22 heavy (non-hydrogen) atoms. The fourth-order valence-electron chi connectivity index (χ4n) is 3.46. The van der Waals surface area contributed by atoms with Crippen LogP contribution in [-0.2, 0) is 0 Å². The van der Waals surface area contributed by atoms with Crippen LogP contribution in [0.15, 0.2) is 0 Å². The Balaban J connectivity index is 2.00. The fraction of sp³-hybridized carbons (Fsp3) is 1.00. The normalized spacial score (nSPS) is 53.5. The number of rotatable bonds is 3. The number of alkyl halides is 6. The van der Waals surface area contributed by atoms with E-state index in [2.05, 4.69) is 0 Å². The van der Waals surface area contributed by atoms with Gasteiger partial charge in [-0.05, 0) is 25.7 Å². The topological polar surface area (TPSA) is 40.5 Å². The van der Waals surface area contributed by atoms with Crippen LogP contribution in [0.2, 0.25) is 0 Å². The van der Waals surface area contributed by atoms with Crippen molar-refractivity contribution in [1.82, 2.24) is 0 Å². The van der Waals surface area contributed by atoms with Crippen molar-refractivity contribution in [2.75, 3.05) is 0 Å². The Kier molecular flexibility index (Phi) is 7.59. The molecule has 0 saturated heterocycles. The molecule has 2 aliphatic carbocycles. The van der Waals surface area contributed by atoms with Gasteiger partial charge in [0.2, 0.25) is 0 Å². The molecule has 2 saturated carbocycles. The zero-order chi connectivity index (χ0) is 16.6. The Bertz CT molecular complexity index is 311.